The normalized spacial score (nSPS) is 14.7. The maximum Gasteiger partial charge on any atom is 0.444 e. The third kappa shape index (κ3) is 16.7. The molecule has 0 saturated carbocycles. The van der Waals surface area contributed by atoms with Crippen LogP contribution in [0.1, 0.15) is 38.8 Å². The van der Waals surface area contributed by atoms with Crippen molar-refractivity contribution in [1.29, 1.82) is 0 Å². The van der Waals surface area contributed by atoms with Gasteiger partial charge in [0.25, 0.3) is 22.5 Å². The van der Waals surface area contributed by atoms with E-state index in [1.807, 2.05) is 0 Å². The molecule has 0 spiro atoms. The van der Waals surface area contributed by atoms with Crippen LogP contribution in [0.25, 0.3) is 11.5 Å². The Balaban J connectivity index is 0.00000120. The van der Waals surface area contributed by atoms with Gasteiger partial charge in [-0.15, -0.1) is 0 Å². The number of hydrogen-bond acceptors (Lipinski definition) is 10. The first kappa shape index (κ1) is 58.8. The fourth-order valence-corrected chi connectivity index (χ4v) is 4.16. The summed E-state index contributed by atoms with van der Waals surface area (Å²) in [5.41, 5.74) is -16.9. The minimum absolute atomic E-state index is 0. The molecule has 2 aromatic carbocycles. The molecule has 63 heavy (non-hydrogen) atoms. The van der Waals surface area contributed by atoms with Crippen molar-refractivity contribution >= 4 is 81.4 Å². The molecule has 4 unspecified atom stereocenters. The van der Waals surface area contributed by atoms with Crippen LogP contribution >= 0.6 is 46.4 Å². The van der Waals surface area contributed by atoms with Gasteiger partial charge >= 0.3 is 47.9 Å². The largest absolute Gasteiger partial charge is 0.506 e. The summed E-state index contributed by atoms with van der Waals surface area (Å²) in [6.07, 6.45) is -18.7. The average molecular weight is 1060 g/mol. The second-order valence-electron chi connectivity index (χ2n) is 11.2. The number of halogens is 16. The van der Waals surface area contributed by atoms with E-state index in [-0.39, 0.29) is 30.3 Å². The van der Waals surface area contributed by atoms with Crippen LogP contribution in [0.2, 0.25) is 0 Å². The van der Waals surface area contributed by atoms with Gasteiger partial charge in [0.15, 0.2) is 0 Å². The van der Waals surface area contributed by atoms with Gasteiger partial charge in [-0.3, -0.25) is 9.59 Å². The average Bonchev–Trinajstić information content (AvgIpc) is 3.11. The van der Waals surface area contributed by atoms with E-state index in [0.717, 1.165) is 13.8 Å². The molecule has 0 aliphatic rings. The monoisotopic (exact) mass is 1060 g/mol. The number of ether oxygens (including phenoxy) is 6. The predicted molar refractivity (Wildman–Crippen MR) is 196 cm³/mol. The van der Waals surface area contributed by atoms with Crippen LogP contribution in [0.15, 0.2) is 47.5 Å². The zero-order chi connectivity index (χ0) is 48.3. The minimum atomic E-state index is -4.76. The first-order chi connectivity index (χ1) is 28.3. The van der Waals surface area contributed by atoms with Crippen molar-refractivity contribution in [3.8, 4) is 23.0 Å². The Hall–Kier alpha value is -4.16. The Kier molecular flexibility index (Phi) is 22.6. The summed E-state index contributed by atoms with van der Waals surface area (Å²) < 4.78 is 185. The topological polar surface area (TPSA) is 173 Å². The minimum Gasteiger partial charge on any atom is -0.506 e. The van der Waals surface area contributed by atoms with Gasteiger partial charge in [-0.1, -0.05) is 46.4 Å². The zero-order valence-corrected chi connectivity index (χ0v) is 35.6. The predicted octanol–water partition coefficient (Wildman–Crippen LogP) is 10.2. The number of aliphatic hydroxyl groups is 2. The van der Waals surface area contributed by atoms with Crippen molar-refractivity contribution in [1.82, 2.24) is 0 Å². The molecule has 4 atom stereocenters. The fraction of sp³-hybridized carbons (Fsp3) is 0.412. The van der Waals surface area contributed by atoms with Crippen molar-refractivity contribution in [2.45, 2.75) is 74.7 Å². The number of carbonyl (C=O) groups excluding carboxylic acids is 4. The Morgan fingerprint density at radius 2 is 0.825 bits per heavy atom. The molecule has 359 valence electrons. The van der Waals surface area contributed by atoms with Crippen molar-refractivity contribution in [2.24, 2.45) is 0 Å². The summed E-state index contributed by atoms with van der Waals surface area (Å²) in [6.45, 7) is 4.24. The van der Waals surface area contributed by atoms with E-state index in [2.05, 4.69) is 51.6 Å². The summed E-state index contributed by atoms with van der Waals surface area (Å²) in [6, 6.07) is 3.09. The fourth-order valence-electron chi connectivity index (χ4n) is 3.99. The van der Waals surface area contributed by atoms with Gasteiger partial charge in [0, 0.05) is 29.2 Å². The van der Waals surface area contributed by atoms with Gasteiger partial charge in [0.1, 0.15) is 34.5 Å². The van der Waals surface area contributed by atoms with E-state index in [1.54, 1.807) is 0 Å². The van der Waals surface area contributed by atoms with E-state index in [9.17, 15) is 82.1 Å². The molecule has 4 N–H and O–H groups in total. The van der Waals surface area contributed by atoms with Crippen molar-refractivity contribution in [3.05, 3.63) is 58.7 Å². The van der Waals surface area contributed by atoms with Gasteiger partial charge < -0.3 is 38.6 Å². The van der Waals surface area contributed by atoms with Crippen LogP contribution < -0.4 is 18.9 Å². The van der Waals surface area contributed by atoms with Gasteiger partial charge in [-0.25, -0.2) is 27.2 Å². The van der Waals surface area contributed by atoms with E-state index in [4.69, 9.17) is 23.2 Å². The molecular formula is C34H30Cl4CuF12O12+2. The van der Waals surface area contributed by atoms with Crippen LogP contribution in [0.3, 0.4) is 0 Å². The number of aliphatic hydroxyl groups excluding tert-OH is 2. The van der Waals surface area contributed by atoms with Crippen molar-refractivity contribution in [3.63, 3.8) is 0 Å². The number of hydrogen-bond donors (Lipinski definition) is 2. The molecule has 0 amide bonds. The summed E-state index contributed by atoms with van der Waals surface area (Å²) in [5, 5.41) is 20.7. The van der Waals surface area contributed by atoms with Crippen LogP contribution in [0, 0.1) is 0 Å². The maximum absolute atomic E-state index is 13.7. The van der Waals surface area contributed by atoms with Crippen LogP contribution in [-0.4, -0.2) is 103 Å². The summed E-state index contributed by atoms with van der Waals surface area (Å²) in [7, 11) is 0. The first-order valence-corrected chi connectivity index (χ1v) is 18.0. The maximum atomic E-state index is 13.7. The Morgan fingerprint density at radius 3 is 1.05 bits per heavy atom. The smallest absolute Gasteiger partial charge is 0.444 e. The molecule has 0 aromatic heterocycles. The Morgan fingerprint density at radius 1 is 0.571 bits per heavy atom. The van der Waals surface area contributed by atoms with E-state index in [0.29, 0.717) is 36.4 Å². The molecule has 12 nitrogen and oxygen atoms in total. The zero-order valence-electron chi connectivity index (χ0n) is 31.6. The quantitative estimate of drug-likeness (QED) is 0.0150. The number of ketones is 2. The summed E-state index contributed by atoms with van der Waals surface area (Å²) in [4.78, 5) is 43.3. The van der Waals surface area contributed by atoms with Crippen LogP contribution in [0.5, 0.6) is 23.0 Å². The summed E-state index contributed by atoms with van der Waals surface area (Å²) >= 11 is 18.7. The summed E-state index contributed by atoms with van der Waals surface area (Å²) in [5.74, 6) is -11.1. The van der Waals surface area contributed by atoms with E-state index in [1.165, 1.54) is 13.8 Å². The van der Waals surface area contributed by atoms with Crippen molar-refractivity contribution in [2.75, 3.05) is 13.2 Å². The molecule has 1 radical (unpaired) electrons. The third-order valence-electron chi connectivity index (χ3n) is 6.59. The molecule has 29 heteroatoms. The molecule has 0 aliphatic heterocycles. The number of carbonyl (C=O) groups is 2. The van der Waals surface area contributed by atoms with Crippen molar-refractivity contribution < 1.29 is 128 Å². The second kappa shape index (κ2) is 24.2. The molecule has 0 heterocycles. The molecular weight excluding hydrogens is 1030 g/mol. The first-order valence-electron chi connectivity index (χ1n) is 16.2. The molecule has 2 rings (SSSR count). The Bertz CT molecular complexity index is 1870. The Labute approximate surface area is 377 Å². The molecule has 0 fully saturated rings. The third-order valence-corrected chi connectivity index (χ3v) is 7.61. The van der Waals surface area contributed by atoms with Gasteiger partial charge in [0.05, 0.1) is 38.2 Å². The number of rotatable bonds is 20. The standard InChI is InChI=1S/2C17H14Cl2F6O6.Cu/c2*1-3-29-13(28)11(7(2)26)12(27)9-5-4-8(30-16(22,23)14(18)20)6-10(9)31-17(24,25)15(19)21;/h2*4-6,14-15,27H,3H2,1-2H3;/p+2. The van der Waals surface area contributed by atoms with E-state index >= 15 is 0 Å². The molecule has 2 aromatic rings. The molecule has 0 aliphatic carbocycles. The van der Waals surface area contributed by atoms with Gasteiger partial charge in [-0.2, -0.15) is 35.1 Å². The second-order valence-corrected chi connectivity index (χ2v) is 12.8. The van der Waals surface area contributed by atoms with Gasteiger partial charge in [0.2, 0.25) is 11.1 Å². The molecule has 0 bridgehead atoms. The van der Waals surface area contributed by atoms with E-state index < -0.39 is 127 Å². The number of benzene rings is 2. The van der Waals surface area contributed by atoms with Crippen LogP contribution in [-0.2, 0) is 36.1 Å². The van der Waals surface area contributed by atoms with Gasteiger partial charge in [-0.05, 0) is 38.1 Å². The van der Waals surface area contributed by atoms with Crippen LogP contribution in [0.4, 0.5) is 52.7 Å². The SMILES string of the molecule is CCOC(=O)C(C(C)=[OH+])=C(O)c1ccc(OC(F)(F)C(F)Cl)cc1OC(F)(F)C(F)Cl.CCOC(=O)C(C(C)=[OH+])=C(O)c1ccc(OC(F)(F)C(F)Cl)cc1OC(F)(F)C(F)Cl.[Cu]. The number of esters is 2. The molecule has 0 saturated heterocycles. The number of alkyl halides is 16.